The minimum absolute atomic E-state index is 0.137. The van der Waals surface area contributed by atoms with Gasteiger partial charge in [-0.3, -0.25) is 31.9 Å². The van der Waals surface area contributed by atoms with Gasteiger partial charge in [0.25, 0.3) is 50.6 Å². The molecule has 0 radical (unpaired) electrons. The maximum Gasteiger partial charge on any atom is 0.397 e. The zero-order chi connectivity index (χ0) is 64.7. The van der Waals surface area contributed by atoms with E-state index in [1.54, 1.807) is 0 Å². The van der Waals surface area contributed by atoms with E-state index in [0.29, 0.717) is 42.5 Å². The van der Waals surface area contributed by atoms with Crippen molar-refractivity contribution in [2.45, 2.75) is 34.3 Å². The fourth-order valence-corrected chi connectivity index (χ4v) is 13.2. The van der Waals surface area contributed by atoms with Gasteiger partial charge in [-0.05, 0) is 84.2 Å². The molecule has 48 heteroatoms. The summed E-state index contributed by atoms with van der Waals surface area (Å²) in [6.45, 7) is -2.14. The highest BCUT2D eigenvalue weighted by Crippen LogP contribution is 2.49. The number of anilines is 3. The summed E-state index contributed by atoms with van der Waals surface area (Å²) in [5.74, 6) is -3.62. The van der Waals surface area contributed by atoms with Crippen molar-refractivity contribution in [3.05, 3.63) is 78.9 Å². The molecule has 0 aliphatic carbocycles. The molecule has 0 spiro atoms. The molecule has 0 saturated carbocycles. The van der Waals surface area contributed by atoms with Gasteiger partial charge < -0.3 is 22.3 Å². The van der Waals surface area contributed by atoms with Crippen molar-refractivity contribution in [2.24, 2.45) is 40.9 Å². The van der Waals surface area contributed by atoms with Crippen LogP contribution in [-0.2, 0) is 99.4 Å². The molecule has 0 aromatic heterocycles. The first-order valence-corrected chi connectivity index (χ1v) is 34.9. The zero-order valence-corrected chi connectivity index (χ0v) is 48.9. The number of azo groups is 4. The zero-order valence-electron chi connectivity index (χ0n) is 41.6. The summed E-state index contributed by atoms with van der Waals surface area (Å²) in [4.78, 5) is -7.87. The van der Waals surface area contributed by atoms with E-state index in [9.17, 15) is 104 Å². The molecule has 0 atom stereocenters. The molecular weight excluding hydrogens is 1350 g/mol. The molecule has 464 valence electrons. The summed E-state index contributed by atoms with van der Waals surface area (Å²) in [6.07, 6.45) is 0. The summed E-state index contributed by atoms with van der Waals surface area (Å²) in [5, 5.41) is 39.1. The number of nitrogens with two attached hydrogens (primary N) is 3. The van der Waals surface area contributed by atoms with Crippen molar-refractivity contribution in [1.29, 1.82) is 0 Å². The first-order valence-electron chi connectivity index (χ1n) is 21.7. The molecule has 0 unspecified atom stereocenters. The molecule has 0 amide bonds. The smallest absolute Gasteiger partial charge is 0.397 e. The van der Waals surface area contributed by atoms with Crippen LogP contribution < -0.4 is 17.2 Å². The number of fused-ring (bicyclic) bond motifs is 1. The van der Waals surface area contributed by atoms with Gasteiger partial charge in [0, 0.05) is 0 Å². The van der Waals surface area contributed by atoms with Crippen molar-refractivity contribution in [3.63, 3.8) is 0 Å². The molecule has 0 saturated heterocycles. The molecule has 6 aromatic carbocycles. The minimum Gasteiger partial charge on any atom is -0.505 e. The third-order valence-corrected chi connectivity index (χ3v) is 19.4. The third-order valence-electron chi connectivity index (χ3n) is 10.7. The molecule has 0 bridgehead atoms. The SMILES string of the molecule is Nc1c(N=Nc2ccc(S(=O)(=O)CCOS(=O)(=O)O)cc2)cc(S(=O)(=O)O)c(N)c1N=Nc1ccc(S(=O)(=O)O)c(N=Nc2c(S(=O)(=O)O)cc3cc(S(=O)(=O)O)c(N=Nc4ccc(S(=O)(=O)CCOS(=O)(=O)O)cc4S(=O)(=O)O)c(N)c3c2O)c1. The lowest BCUT2D eigenvalue weighted by Gasteiger charge is -2.14. The molecule has 0 aliphatic heterocycles. The van der Waals surface area contributed by atoms with Gasteiger partial charge in [-0.1, -0.05) is 0 Å². The van der Waals surface area contributed by atoms with Gasteiger partial charge in [0.2, 0.25) is 0 Å². The molecule has 6 aromatic rings. The third kappa shape index (κ3) is 16.5. The largest absolute Gasteiger partial charge is 0.505 e. The number of aromatic hydroxyl groups is 1. The predicted octanol–water partition coefficient (Wildman–Crippen LogP) is 4.37. The Morgan fingerprint density at radius 2 is 0.791 bits per heavy atom. The van der Waals surface area contributed by atoms with Crippen LogP contribution >= 0.6 is 0 Å². The van der Waals surface area contributed by atoms with Gasteiger partial charge in [0.05, 0.1) is 68.3 Å². The van der Waals surface area contributed by atoms with Crippen molar-refractivity contribution >= 4 is 164 Å². The van der Waals surface area contributed by atoms with Crippen molar-refractivity contribution < 1.29 is 121 Å². The maximum atomic E-state index is 12.8. The average Bonchev–Trinajstić information content (AvgIpc) is 0.790. The van der Waals surface area contributed by atoms with Crippen molar-refractivity contribution in [3.8, 4) is 5.75 Å². The van der Waals surface area contributed by atoms with E-state index in [1.807, 2.05) is 0 Å². The highest BCUT2D eigenvalue weighted by atomic mass is 32.3. The second-order valence-corrected chi connectivity index (χ2v) is 29.8. The first-order chi connectivity index (χ1) is 39.2. The van der Waals surface area contributed by atoms with E-state index in [0.717, 1.165) is 30.3 Å². The number of sulfone groups is 2. The van der Waals surface area contributed by atoms with Gasteiger partial charge in [-0.2, -0.15) is 69.2 Å². The molecule has 39 nitrogen and oxygen atoms in total. The van der Waals surface area contributed by atoms with Gasteiger partial charge in [0.15, 0.2) is 25.4 Å². The molecule has 6 rings (SSSR count). The summed E-state index contributed by atoms with van der Waals surface area (Å²) in [5.41, 5.74) is 8.90. The van der Waals surface area contributed by atoms with E-state index in [-0.39, 0.29) is 16.6 Å². The number of phenols is 1. The van der Waals surface area contributed by atoms with Gasteiger partial charge in [0.1, 0.15) is 58.6 Å². The molecule has 86 heavy (non-hydrogen) atoms. The lowest BCUT2D eigenvalue weighted by molar-refractivity contribution is 0.282. The van der Waals surface area contributed by atoms with Crippen LogP contribution in [-0.4, -0.2) is 137 Å². The van der Waals surface area contributed by atoms with Crippen LogP contribution in [0.4, 0.5) is 62.6 Å². The van der Waals surface area contributed by atoms with Crippen LogP contribution in [0.25, 0.3) is 10.8 Å². The lowest BCUT2D eigenvalue weighted by Crippen LogP contribution is -2.16. The maximum absolute atomic E-state index is 12.8. The van der Waals surface area contributed by atoms with Crippen LogP contribution in [0.2, 0.25) is 0 Å². The number of nitrogens with zero attached hydrogens (tertiary/aromatic N) is 8. The van der Waals surface area contributed by atoms with Crippen LogP contribution in [0, 0.1) is 0 Å². The highest BCUT2D eigenvalue weighted by molar-refractivity contribution is 7.92. The Kier molecular flexibility index (Phi) is 19.0. The normalized spacial score (nSPS) is 13.7. The average molecular weight is 1380 g/mol. The fourth-order valence-electron chi connectivity index (χ4n) is 6.89. The fraction of sp³-hybridized carbons (Fsp3) is 0.105. The van der Waals surface area contributed by atoms with E-state index < -0.39 is 219 Å². The van der Waals surface area contributed by atoms with Gasteiger partial charge in [-0.25, -0.2) is 25.2 Å². The Morgan fingerprint density at radius 3 is 1.30 bits per heavy atom. The summed E-state index contributed by atoms with van der Waals surface area (Å²) < 4.78 is 296. The lowest BCUT2D eigenvalue weighted by atomic mass is 10.1. The number of nitrogen functional groups attached to an aromatic ring is 3. The number of benzene rings is 6. The van der Waals surface area contributed by atoms with Crippen LogP contribution in [0.15, 0.2) is 154 Å². The van der Waals surface area contributed by atoms with Crippen LogP contribution in [0.5, 0.6) is 5.75 Å². The Labute approximate surface area is 484 Å². The van der Waals surface area contributed by atoms with Gasteiger partial charge in [-0.15, -0.1) is 30.7 Å². The second-order valence-electron chi connectivity index (χ2n) is 16.5. The van der Waals surface area contributed by atoms with Crippen LogP contribution in [0.3, 0.4) is 0 Å². The van der Waals surface area contributed by atoms with E-state index in [2.05, 4.69) is 49.3 Å². The highest BCUT2D eigenvalue weighted by Gasteiger charge is 2.30. The van der Waals surface area contributed by atoms with Crippen molar-refractivity contribution in [1.82, 2.24) is 0 Å². The number of hydrogen-bond acceptors (Lipinski definition) is 32. The molecule has 0 fully saturated rings. The Morgan fingerprint density at radius 1 is 0.360 bits per heavy atom. The minimum atomic E-state index is -5.68. The molecule has 14 N–H and O–H groups in total. The van der Waals surface area contributed by atoms with Crippen molar-refractivity contribution in [2.75, 3.05) is 41.9 Å². The second kappa shape index (κ2) is 24.3. The summed E-state index contributed by atoms with van der Waals surface area (Å²) >= 11 is 0. The summed E-state index contributed by atoms with van der Waals surface area (Å²) in [7, 11) is -46.5. The van der Waals surface area contributed by atoms with Crippen LogP contribution in [0.1, 0.15) is 0 Å². The number of rotatable bonds is 23. The standard InChI is InChI=1S/C38H35N11O28S9/c39-32-25(46-42-19-1-4-21(5-2-19)78(51,52)11-9-76-85(70,71)72)17-28(82(61,62)63)33(40)37(32)49-43-20-3-8-26(80(55,56)57)24(15-20)45-48-36-30(84(67,68)69)14-18-13-29(83(64,65)66)35(34(41)31(18)38(36)50)47-44-23-7-6-22(16-27(23)81(58,59)60)79(53,54)12-10-77-86(73,74)75/h1-8,13-17,50H,9-12,39-41H2,(H,55,56,57)(H,58,59,60)(H,61,62,63)(H,64,65,66)(H,67,68,69)(H,70,71,72)(H,73,74,75). The topological polar surface area (TPSA) is 665 Å². The van der Waals surface area contributed by atoms with Gasteiger partial charge >= 0.3 is 20.8 Å². The van der Waals surface area contributed by atoms with E-state index >= 15 is 0 Å². The predicted molar refractivity (Wildman–Crippen MR) is 290 cm³/mol. The molecule has 0 heterocycles. The number of phenolic OH excluding ortho intramolecular Hbond substituents is 1. The van der Waals surface area contributed by atoms with E-state index in [1.165, 1.54) is 0 Å². The summed E-state index contributed by atoms with van der Waals surface area (Å²) in [6, 6.07) is 8.85. The molecular formula is C38H35N11O28S9. The molecule has 0 aliphatic rings. The Hall–Kier alpha value is -7.63. The quantitative estimate of drug-likeness (QED) is 0.0241. The van der Waals surface area contributed by atoms with E-state index in [4.69, 9.17) is 26.3 Å². The monoisotopic (exact) mass is 1380 g/mol. The first kappa shape index (κ1) is 67.5. The Bertz CT molecular complexity index is 5030. The Balaban J connectivity index is 1.45. The number of hydrogen-bond donors (Lipinski definition) is 11.